The monoisotopic (exact) mass is 498 g/mol. The summed E-state index contributed by atoms with van der Waals surface area (Å²) in [4.78, 5) is 39.4. The van der Waals surface area contributed by atoms with E-state index in [1.165, 1.54) is 15.4 Å². The summed E-state index contributed by atoms with van der Waals surface area (Å²) in [5.41, 5.74) is 0.202. The summed E-state index contributed by atoms with van der Waals surface area (Å²) >= 11 is 5.87. The van der Waals surface area contributed by atoms with E-state index in [-0.39, 0.29) is 29.4 Å². The van der Waals surface area contributed by atoms with Crippen LogP contribution in [-0.2, 0) is 17.9 Å². The Kier molecular flexibility index (Phi) is 6.24. The number of piperidine rings is 1. The number of carbonyl (C=O) groups excluding carboxylic acids is 2. The molecule has 3 N–H and O–H groups in total. The number of hydrogen-bond donors (Lipinski definition) is 3. The van der Waals surface area contributed by atoms with Gasteiger partial charge in [-0.2, -0.15) is 5.10 Å². The molecule has 1 aromatic carbocycles. The summed E-state index contributed by atoms with van der Waals surface area (Å²) in [7, 11) is 0. The fourth-order valence-electron chi connectivity index (χ4n) is 4.37. The quantitative estimate of drug-likeness (QED) is 0.481. The van der Waals surface area contributed by atoms with Gasteiger partial charge in [0.2, 0.25) is 5.91 Å². The van der Waals surface area contributed by atoms with Gasteiger partial charge in [-0.1, -0.05) is 23.7 Å². The van der Waals surface area contributed by atoms with Crippen molar-refractivity contribution in [1.82, 2.24) is 24.4 Å². The molecule has 0 bridgehead atoms. The molecule has 0 unspecified atom stereocenters. The number of aliphatic hydroxyl groups is 1. The SMILES string of the molecule is O=C(NCc1ccc(Cl)cc1)Nc1cc2c(=O)n(CC3(O)CCN(C(=O)C4CC4)CC3)cnn2c1. The normalized spacial score (nSPS) is 17.4. The van der Waals surface area contributed by atoms with Crippen LogP contribution in [0.25, 0.3) is 5.52 Å². The maximum absolute atomic E-state index is 13.0. The lowest BCUT2D eigenvalue weighted by molar-refractivity contribution is -0.137. The number of nitrogens with one attached hydrogen (secondary N) is 2. The maximum atomic E-state index is 13.0. The van der Waals surface area contributed by atoms with Gasteiger partial charge < -0.3 is 20.6 Å². The molecule has 2 fully saturated rings. The Morgan fingerprint density at radius 1 is 1.17 bits per heavy atom. The second kappa shape index (κ2) is 9.35. The molecule has 1 saturated heterocycles. The Hall–Kier alpha value is -3.37. The Bertz CT molecular complexity index is 1310. The first-order valence-electron chi connectivity index (χ1n) is 11.7. The van der Waals surface area contributed by atoms with Crippen molar-refractivity contribution in [2.75, 3.05) is 18.4 Å². The van der Waals surface area contributed by atoms with Crippen molar-refractivity contribution in [3.05, 3.63) is 63.8 Å². The number of carbonyl (C=O) groups is 2. The predicted molar refractivity (Wildman–Crippen MR) is 130 cm³/mol. The van der Waals surface area contributed by atoms with Crippen LogP contribution >= 0.6 is 11.6 Å². The van der Waals surface area contributed by atoms with Crippen molar-refractivity contribution in [3.8, 4) is 0 Å². The highest BCUT2D eigenvalue weighted by atomic mass is 35.5. The number of aromatic nitrogens is 3. The standard InChI is InChI=1S/C24H27ClN6O4/c25-18-5-1-16(2-6-18)12-26-23(34)28-19-11-20-22(33)30(15-27-31(20)13-19)14-24(35)7-9-29(10-8-24)21(32)17-3-4-17/h1-2,5-6,11,13,15,17,35H,3-4,7-10,12,14H2,(H2,26,28,34). The molecule has 1 saturated carbocycles. The molecular formula is C24H27ClN6O4. The van der Waals surface area contributed by atoms with Gasteiger partial charge in [0.15, 0.2) is 0 Å². The first-order chi connectivity index (χ1) is 16.8. The number of halogens is 1. The molecule has 2 aromatic heterocycles. The fourth-order valence-corrected chi connectivity index (χ4v) is 4.50. The molecule has 1 aliphatic carbocycles. The number of fused-ring (bicyclic) bond motifs is 1. The zero-order valence-electron chi connectivity index (χ0n) is 19.1. The van der Waals surface area contributed by atoms with E-state index in [0.29, 0.717) is 43.2 Å². The van der Waals surface area contributed by atoms with Gasteiger partial charge >= 0.3 is 6.03 Å². The van der Waals surface area contributed by atoms with Crippen LogP contribution in [0.5, 0.6) is 0 Å². The summed E-state index contributed by atoms with van der Waals surface area (Å²) in [6.07, 6.45) is 5.67. The van der Waals surface area contributed by atoms with Crippen LogP contribution in [0.1, 0.15) is 31.2 Å². The molecule has 0 radical (unpaired) electrons. The average Bonchev–Trinajstić information content (AvgIpc) is 3.61. The molecule has 3 aromatic rings. The van der Waals surface area contributed by atoms with Crippen LogP contribution in [0.15, 0.2) is 47.7 Å². The minimum atomic E-state index is -1.08. The number of nitrogens with zero attached hydrogens (tertiary/aromatic N) is 4. The lowest BCUT2D eigenvalue weighted by atomic mass is 9.91. The second-order valence-corrected chi connectivity index (χ2v) is 9.82. The Balaban J connectivity index is 1.21. The van der Waals surface area contributed by atoms with Gasteiger partial charge in [0.25, 0.3) is 5.56 Å². The molecule has 10 nitrogen and oxygen atoms in total. The third kappa shape index (κ3) is 5.33. The van der Waals surface area contributed by atoms with Crippen molar-refractivity contribution in [3.63, 3.8) is 0 Å². The third-order valence-electron chi connectivity index (χ3n) is 6.62. The highest BCUT2D eigenvalue weighted by Gasteiger charge is 2.39. The summed E-state index contributed by atoms with van der Waals surface area (Å²) < 4.78 is 2.78. The number of amides is 3. The molecule has 184 valence electrons. The van der Waals surface area contributed by atoms with Gasteiger partial charge in [0.05, 0.1) is 24.0 Å². The van der Waals surface area contributed by atoms with Crippen LogP contribution < -0.4 is 16.2 Å². The number of benzene rings is 1. The van der Waals surface area contributed by atoms with Gasteiger partial charge in [-0.15, -0.1) is 0 Å². The lowest BCUT2D eigenvalue weighted by Gasteiger charge is -2.38. The fraction of sp³-hybridized carbons (Fsp3) is 0.417. The highest BCUT2D eigenvalue weighted by Crippen LogP contribution is 2.33. The summed E-state index contributed by atoms with van der Waals surface area (Å²) in [5, 5.41) is 21.4. The largest absolute Gasteiger partial charge is 0.388 e. The topological polar surface area (TPSA) is 121 Å². The number of rotatable bonds is 6. The van der Waals surface area contributed by atoms with E-state index < -0.39 is 11.6 Å². The Labute approximate surface area is 206 Å². The second-order valence-electron chi connectivity index (χ2n) is 9.38. The zero-order chi connectivity index (χ0) is 24.6. The molecular weight excluding hydrogens is 472 g/mol. The van der Waals surface area contributed by atoms with Crippen LogP contribution in [0.4, 0.5) is 10.5 Å². The minimum Gasteiger partial charge on any atom is -0.388 e. The van der Waals surface area contributed by atoms with E-state index in [2.05, 4.69) is 15.7 Å². The summed E-state index contributed by atoms with van der Waals surface area (Å²) in [5.74, 6) is 0.338. The van der Waals surface area contributed by atoms with Crippen molar-refractivity contribution >= 4 is 34.7 Å². The molecule has 2 aliphatic rings. The molecule has 5 rings (SSSR count). The van der Waals surface area contributed by atoms with E-state index in [4.69, 9.17) is 11.6 Å². The van der Waals surface area contributed by atoms with E-state index in [0.717, 1.165) is 18.4 Å². The molecule has 11 heteroatoms. The van der Waals surface area contributed by atoms with Crippen LogP contribution in [-0.4, -0.2) is 54.8 Å². The van der Waals surface area contributed by atoms with Gasteiger partial charge in [-0.3, -0.25) is 14.2 Å². The van der Waals surface area contributed by atoms with Gasteiger partial charge in [0.1, 0.15) is 11.8 Å². The molecule has 0 atom stereocenters. The van der Waals surface area contributed by atoms with E-state index >= 15 is 0 Å². The van der Waals surface area contributed by atoms with Crippen LogP contribution in [0.3, 0.4) is 0 Å². The summed E-state index contributed by atoms with van der Waals surface area (Å²) in [6, 6.07) is 8.28. The average molecular weight is 499 g/mol. The predicted octanol–water partition coefficient (Wildman–Crippen LogP) is 2.23. The van der Waals surface area contributed by atoms with Crippen molar-refractivity contribution in [2.45, 2.75) is 44.4 Å². The van der Waals surface area contributed by atoms with Crippen LogP contribution in [0.2, 0.25) is 5.02 Å². The van der Waals surface area contributed by atoms with E-state index in [1.807, 2.05) is 17.0 Å². The minimum absolute atomic E-state index is 0.0936. The number of likely N-dealkylation sites (tertiary alicyclic amines) is 1. The van der Waals surface area contributed by atoms with Gasteiger partial charge in [0, 0.05) is 30.6 Å². The molecule has 3 amide bonds. The maximum Gasteiger partial charge on any atom is 0.319 e. The molecule has 35 heavy (non-hydrogen) atoms. The van der Waals surface area contributed by atoms with Crippen molar-refractivity contribution in [1.29, 1.82) is 0 Å². The number of urea groups is 1. The Morgan fingerprint density at radius 3 is 2.57 bits per heavy atom. The first-order valence-corrected chi connectivity index (χ1v) is 12.1. The first kappa shape index (κ1) is 23.4. The lowest BCUT2D eigenvalue weighted by Crippen LogP contribution is -2.50. The molecule has 3 heterocycles. The van der Waals surface area contributed by atoms with Gasteiger partial charge in [-0.25, -0.2) is 9.31 Å². The van der Waals surface area contributed by atoms with Crippen molar-refractivity contribution in [2.24, 2.45) is 5.92 Å². The van der Waals surface area contributed by atoms with Gasteiger partial charge in [-0.05, 0) is 49.4 Å². The van der Waals surface area contributed by atoms with E-state index in [9.17, 15) is 19.5 Å². The molecule has 0 spiro atoms. The van der Waals surface area contributed by atoms with Crippen molar-refractivity contribution < 1.29 is 14.7 Å². The highest BCUT2D eigenvalue weighted by molar-refractivity contribution is 6.30. The summed E-state index contributed by atoms with van der Waals surface area (Å²) in [6.45, 7) is 1.39. The van der Waals surface area contributed by atoms with Crippen LogP contribution in [0, 0.1) is 5.92 Å². The number of anilines is 1. The smallest absolute Gasteiger partial charge is 0.319 e. The number of hydrogen-bond acceptors (Lipinski definition) is 5. The van der Waals surface area contributed by atoms with E-state index in [1.54, 1.807) is 24.4 Å². The Morgan fingerprint density at radius 2 is 1.89 bits per heavy atom. The zero-order valence-corrected chi connectivity index (χ0v) is 19.9. The third-order valence-corrected chi connectivity index (χ3v) is 6.87. The molecule has 1 aliphatic heterocycles.